The molecule has 0 radical (unpaired) electrons. The Morgan fingerprint density at radius 1 is 1.12 bits per heavy atom. The number of rotatable bonds is 5. The second-order valence-electron chi connectivity index (χ2n) is 6.57. The highest BCUT2D eigenvalue weighted by Gasteiger charge is 2.30. The van der Waals surface area contributed by atoms with Gasteiger partial charge in [-0.15, -0.1) is 0 Å². The maximum absolute atomic E-state index is 11.0. The summed E-state index contributed by atoms with van der Waals surface area (Å²) in [6.07, 6.45) is 0. The molecule has 0 spiro atoms. The SMILES string of the molecule is CC1CN(C(c2ccccc2)c2ccc(Cl)cc2)CCN1CC(=O)O. The molecule has 25 heavy (non-hydrogen) atoms. The predicted molar refractivity (Wildman–Crippen MR) is 100.0 cm³/mol. The van der Waals surface area contributed by atoms with Crippen molar-refractivity contribution in [3.8, 4) is 0 Å². The fourth-order valence-electron chi connectivity index (χ4n) is 3.56. The minimum absolute atomic E-state index is 0.103. The number of nitrogens with zero attached hydrogens (tertiary/aromatic N) is 2. The molecule has 0 aromatic heterocycles. The van der Waals surface area contributed by atoms with Crippen molar-refractivity contribution in [2.75, 3.05) is 26.2 Å². The summed E-state index contributed by atoms with van der Waals surface area (Å²) in [6, 6.07) is 18.8. The first kappa shape index (κ1) is 17.9. The van der Waals surface area contributed by atoms with Crippen LogP contribution >= 0.6 is 11.6 Å². The summed E-state index contributed by atoms with van der Waals surface area (Å²) in [5, 5.41) is 9.80. The summed E-state index contributed by atoms with van der Waals surface area (Å²) < 4.78 is 0. The molecule has 2 aromatic carbocycles. The van der Waals surface area contributed by atoms with Gasteiger partial charge in [-0.1, -0.05) is 54.1 Å². The number of halogens is 1. The zero-order chi connectivity index (χ0) is 17.8. The van der Waals surface area contributed by atoms with Gasteiger partial charge in [-0.2, -0.15) is 0 Å². The van der Waals surface area contributed by atoms with Crippen molar-refractivity contribution < 1.29 is 9.90 Å². The van der Waals surface area contributed by atoms with E-state index in [-0.39, 0.29) is 18.6 Å². The lowest BCUT2D eigenvalue weighted by Crippen LogP contribution is -2.54. The van der Waals surface area contributed by atoms with Crippen molar-refractivity contribution >= 4 is 17.6 Å². The monoisotopic (exact) mass is 358 g/mol. The quantitative estimate of drug-likeness (QED) is 0.888. The van der Waals surface area contributed by atoms with Crippen molar-refractivity contribution in [3.05, 3.63) is 70.7 Å². The van der Waals surface area contributed by atoms with Crippen LogP contribution in [-0.2, 0) is 4.79 Å². The van der Waals surface area contributed by atoms with Crippen LogP contribution in [0, 0.1) is 0 Å². The Labute approximate surface area is 153 Å². The van der Waals surface area contributed by atoms with Crippen molar-refractivity contribution in [1.29, 1.82) is 0 Å². The second kappa shape index (κ2) is 8.00. The molecule has 1 aliphatic rings. The highest BCUT2D eigenvalue weighted by atomic mass is 35.5. The largest absolute Gasteiger partial charge is 0.480 e. The lowest BCUT2D eigenvalue weighted by molar-refractivity contribution is -0.139. The van der Waals surface area contributed by atoms with E-state index in [1.807, 2.05) is 23.1 Å². The van der Waals surface area contributed by atoms with Gasteiger partial charge in [-0.3, -0.25) is 14.6 Å². The second-order valence-corrected chi connectivity index (χ2v) is 7.01. The van der Waals surface area contributed by atoms with E-state index in [1.54, 1.807) is 0 Å². The average molecular weight is 359 g/mol. The van der Waals surface area contributed by atoms with Crippen LogP contribution in [0.15, 0.2) is 54.6 Å². The van der Waals surface area contributed by atoms with Gasteiger partial charge in [-0.25, -0.2) is 0 Å². The maximum atomic E-state index is 11.0. The third-order valence-corrected chi connectivity index (χ3v) is 5.05. The summed E-state index contributed by atoms with van der Waals surface area (Å²) in [6.45, 7) is 4.62. The molecule has 2 atom stereocenters. The molecule has 4 nitrogen and oxygen atoms in total. The number of benzene rings is 2. The van der Waals surface area contributed by atoms with Gasteiger partial charge >= 0.3 is 5.97 Å². The van der Waals surface area contributed by atoms with Gasteiger partial charge in [0.05, 0.1) is 12.6 Å². The van der Waals surface area contributed by atoms with Crippen LogP contribution in [0.1, 0.15) is 24.1 Å². The molecule has 0 amide bonds. The van der Waals surface area contributed by atoms with E-state index in [0.29, 0.717) is 0 Å². The molecule has 2 aromatic rings. The molecule has 1 aliphatic heterocycles. The van der Waals surface area contributed by atoms with Crippen LogP contribution in [0.2, 0.25) is 5.02 Å². The first-order valence-electron chi connectivity index (χ1n) is 8.55. The molecule has 1 fully saturated rings. The first-order valence-corrected chi connectivity index (χ1v) is 8.92. The Morgan fingerprint density at radius 3 is 2.36 bits per heavy atom. The first-order chi connectivity index (χ1) is 12.0. The molecular formula is C20H23ClN2O2. The van der Waals surface area contributed by atoms with Gasteiger partial charge in [0.1, 0.15) is 0 Å². The van der Waals surface area contributed by atoms with E-state index in [0.717, 1.165) is 24.7 Å². The number of carboxylic acids is 1. The van der Waals surface area contributed by atoms with Crippen LogP contribution in [0.4, 0.5) is 0 Å². The molecular weight excluding hydrogens is 336 g/mol. The molecule has 0 saturated carbocycles. The average Bonchev–Trinajstić information content (AvgIpc) is 2.60. The molecule has 1 N–H and O–H groups in total. The lowest BCUT2D eigenvalue weighted by Gasteiger charge is -2.43. The van der Waals surface area contributed by atoms with Crippen LogP contribution < -0.4 is 0 Å². The Morgan fingerprint density at radius 2 is 1.76 bits per heavy atom. The van der Waals surface area contributed by atoms with Gasteiger partial charge in [0.2, 0.25) is 0 Å². The zero-order valence-electron chi connectivity index (χ0n) is 14.3. The fourth-order valence-corrected chi connectivity index (χ4v) is 3.69. The Bertz CT molecular complexity index is 705. The maximum Gasteiger partial charge on any atom is 0.317 e. The van der Waals surface area contributed by atoms with E-state index in [4.69, 9.17) is 16.7 Å². The van der Waals surface area contributed by atoms with Gasteiger partial charge in [0.15, 0.2) is 0 Å². The number of piperazine rings is 1. The standard InChI is InChI=1S/C20H23ClN2O2/c1-15-13-23(12-11-22(15)14-19(24)25)20(16-5-3-2-4-6-16)17-7-9-18(21)10-8-17/h2-10,15,20H,11-14H2,1H3,(H,24,25). The molecule has 2 unspecified atom stereocenters. The summed E-state index contributed by atoms with van der Waals surface area (Å²) in [4.78, 5) is 15.5. The van der Waals surface area contributed by atoms with Crippen LogP contribution in [0.5, 0.6) is 0 Å². The normalized spacial score (nSPS) is 20.3. The molecule has 0 bridgehead atoms. The fraction of sp³-hybridized carbons (Fsp3) is 0.350. The third-order valence-electron chi connectivity index (χ3n) is 4.80. The summed E-state index contributed by atoms with van der Waals surface area (Å²) >= 11 is 6.06. The highest BCUT2D eigenvalue weighted by molar-refractivity contribution is 6.30. The van der Waals surface area contributed by atoms with Crippen LogP contribution in [-0.4, -0.2) is 53.1 Å². The minimum atomic E-state index is -0.766. The van der Waals surface area contributed by atoms with E-state index < -0.39 is 5.97 Å². The predicted octanol–water partition coefficient (Wildman–Crippen LogP) is 3.52. The lowest BCUT2D eigenvalue weighted by atomic mass is 9.95. The summed E-state index contributed by atoms with van der Waals surface area (Å²) in [7, 11) is 0. The summed E-state index contributed by atoms with van der Waals surface area (Å²) in [5.74, 6) is -0.766. The van der Waals surface area contributed by atoms with Gasteiger partial charge in [-0.05, 0) is 30.2 Å². The number of carbonyl (C=O) groups is 1. The summed E-state index contributed by atoms with van der Waals surface area (Å²) in [5.41, 5.74) is 2.44. The van der Waals surface area contributed by atoms with E-state index in [9.17, 15) is 4.79 Å². The van der Waals surface area contributed by atoms with E-state index in [1.165, 1.54) is 11.1 Å². The molecule has 3 rings (SSSR count). The van der Waals surface area contributed by atoms with Gasteiger partial charge in [0.25, 0.3) is 0 Å². The number of hydrogen-bond acceptors (Lipinski definition) is 3. The van der Waals surface area contributed by atoms with Gasteiger partial charge in [0, 0.05) is 30.7 Å². The Kier molecular flexibility index (Phi) is 5.74. The highest BCUT2D eigenvalue weighted by Crippen LogP contribution is 2.31. The third kappa shape index (κ3) is 4.40. The van der Waals surface area contributed by atoms with Crippen molar-refractivity contribution in [2.24, 2.45) is 0 Å². The molecule has 1 saturated heterocycles. The van der Waals surface area contributed by atoms with E-state index >= 15 is 0 Å². The Balaban J connectivity index is 1.86. The Hall–Kier alpha value is -1.88. The van der Waals surface area contributed by atoms with Crippen molar-refractivity contribution in [3.63, 3.8) is 0 Å². The minimum Gasteiger partial charge on any atom is -0.480 e. The van der Waals surface area contributed by atoms with Crippen molar-refractivity contribution in [1.82, 2.24) is 9.80 Å². The number of aliphatic carboxylic acids is 1. The molecule has 132 valence electrons. The van der Waals surface area contributed by atoms with Crippen molar-refractivity contribution in [2.45, 2.75) is 19.0 Å². The van der Waals surface area contributed by atoms with Crippen LogP contribution in [0.25, 0.3) is 0 Å². The smallest absolute Gasteiger partial charge is 0.317 e. The van der Waals surface area contributed by atoms with Crippen LogP contribution in [0.3, 0.4) is 0 Å². The van der Waals surface area contributed by atoms with Gasteiger partial charge < -0.3 is 5.11 Å². The molecule has 0 aliphatic carbocycles. The number of hydrogen-bond donors (Lipinski definition) is 1. The molecule has 1 heterocycles. The zero-order valence-corrected chi connectivity index (χ0v) is 15.1. The topological polar surface area (TPSA) is 43.8 Å². The molecule has 5 heteroatoms. The number of carboxylic acid groups (broad SMARTS) is 1. The van der Waals surface area contributed by atoms with E-state index in [2.05, 4.69) is 48.2 Å².